The zero-order chi connectivity index (χ0) is 29.2. The van der Waals surface area contributed by atoms with E-state index < -0.39 is 8.07 Å². The molecule has 0 atom stereocenters. The maximum atomic E-state index is 4.99. The van der Waals surface area contributed by atoms with Crippen LogP contribution in [0.15, 0.2) is 158 Å². The molecular weight excluding hydrogens is 537 g/mol. The maximum Gasteiger partial charge on any atom is 0.115 e. The van der Waals surface area contributed by atoms with Gasteiger partial charge in [0, 0.05) is 23.5 Å². The lowest BCUT2D eigenvalue weighted by atomic mass is 9.89. The predicted molar refractivity (Wildman–Crippen MR) is 183 cm³/mol. The van der Waals surface area contributed by atoms with Gasteiger partial charge in [0.15, 0.2) is 0 Å². The van der Waals surface area contributed by atoms with E-state index in [0.717, 1.165) is 22.5 Å². The van der Waals surface area contributed by atoms with Crippen LogP contribution in [0.3, 0.4) is 0 Å². The van der Waals surface area contributed by atoms with Gasteiger partial charge in [0.05, 0.1) is 11.4 Å². The fraction of sp³-hybridized carbons (Fsp3) is 0.0500. The number of hydrogen-bond acceptors (Lipinski definition) is 2. The number of pyridine rings is 2. The zero-order valence-electron chi connectivity index (χ0n) is 24.4. The molecule has 2 aromatic heterocycles. The van der Waals surface area contributed by atoms with Gasteiger partial charge in [0.25, 0.3) is 0 Å². The van der Waals surface area contributed by atoms with E-state index in [-0.39, 0.29) is 0 Å². The van der Waals surface area contributed by atoms with Crippen LogP contribution in [-0.4, -0.2) is 18.0 Å². The number of aromatic nitrogens is 2. The zero-order valence-corrected chi connectivity index (χ0v) is 25.4. The third kappa shape index (κ3) is 4.98. The molecule has 0 unspecified atom stereocenters. The molecule has 6 aromatic rings. The van der Waals surface area contributed by atoms with Crippen molar-refractivity contribution in [1.29, 1.82) is 0 Å². The first kappa shape index (κ1) is 26.8. The van der Waals surface area contributed by atoms with E-state index >= 15 is 0 Å². The van der Waals surface area contributed by atoms with E-state index in [1.165, 1.54) is 43.8 Å². The minimum absolute atomic E-state index is 0.987. The average molecular weight is 569 g/mol. The smallest absolute Gasteiger partial charge is 0.115 e. The summed E-state index contributed by atoms with van der Waals surface area (Å²) in [6.07, 6.45) is 4.16. The normalized spacial score (nSPS) is 14.3. The second-order valence-corrected chi connectivity index (χ2v) is 15.7. The molecule has 1 aliphatic heterocycles. The molecule has 0 spiro atoms. The Hall–Kier alpha value is -5.12. The van der Waals surface area contributed by atoms with Crippen LogP contribution in [0.5, 0.6) is 0 Å². The standard InChI is InChI=1S/C40H32N2Si/c1-43(2)39(33-23-25-35(41-27-33)29-15-7-3-8-16-29)37(31-19-11-5-12-20-31)38(32-21-13-6-14-22-32)40(43)34-24-26-36(42-28-34)30-17-9-4-10-18-30/h3-28H,1-2H3. The van der Waals surface area contributed by atoms with Gasteiger partial charge in [0.2, 0.25) is 0 Å². The topological polar surface area (TPSA) is 25.8 Å². The molecule has 3 heterocycles. The van der Waals surface area contributed by atoms with Gasteiger partial charge in [-0.3, -0.25) is 9.97 Å². The van der Waals surface area contributed by atoms with Crippen molar-refractivity contribution >= 4 is 29.6 Å². The molecule has 2 nitrogen and oxygen atoms in total. The molecule has 0 saturated heterocycles. The third-order valence-corrected chi connectivity index (χ3v) is 11.9. The first-order valence-corrected chi connectivity index (χ1v) is 17.8. The summed E-state index contributed by atoms with van der Waals surface area (Å²) in [6.45, 7) is 4.96. The van der Waals surface area contributed by atoms with Crippen molar-refractivity contribution in [2.45, 2.75) is 13.1 Å². The van der Waals surface area contributed by atoms with Gasteiger partial charge in [-0.2, -0.15) is 0 Å². The Balaban J connectivity index is 1.45. The molecule has 0 amide bonds. The lowest BCUT2D eigenvalue weighted by Gasteiger charge is -2.26. The summed E-state index contributed by atoms with van der Waals surface area (Å²) in [5.74, 6) is 0. The summed E-state index contributed by atoms with van der Waals surface area (Å²) >= 11 is 0. The lowest BCUT2D eigenvalue weighted by molar-refractivity contribution is 1.31. The second-order valence-electron chi connectivity index (χ2n) is 11.5. The number of rotatable bonds is 6. The third-order valence-electron chi connectivity index (χ3n) is 8.37. The van der Waals surface area contributed by atoms with Crippen LogP contribution in [0.25, 0.3) is 44.1 Å². The van der Waals surface area contributed by atoms with Crippen LogP contribution < -0.4 is 0 Å². The van der Waals surface area contributed by atoms with Crippen LogP contribution >= 0.6 is 0 Å². The van der Waals surface area contributed by atoms with E-state index in [0.29, 0.717) is 0 Å². The number of benzene rings is 4. The first-order chi connectivity index (χ1) is 21.1. The molecule has 0 aliphatic carbocycles. The van der Waals surface area contributed by atoms with Gasteiger partial charge in [-0.1, -0.05) is 147 Å². The highest BCUT2D eigenvalue weighted by Gasteiger charge is 2.44. The highest BCUT2D eigenvalue weighted by atomic mass is 28.3. The molecule has 0 radical (unpaired) electrons. The predicted octanol–water partition coefficient (Wildman–Crippen LogP) is 10.1. The second kappa shape index (κ2) is 11.3. The lowest BCUT2D eigenvalue weighted by Crippen LogP contribution is -2.28. The summed E-state index contributed by atoms with van der Waals surface area (Å²) < 4.78 is 0. The van der Waals surface area contributed by atoms with Crippen molar-refractivity contribution in [2.24, 2.45) is 0 Å². The molecular formula is C40H32N2Si. The SMILES string of the molecule is C[Si]1(C)C(c2ccc(-c3ccccc3)nc2)=C(c2ccccc2)C(c2ccccc2)=C1c1ccc(-c2ccccc2)nc1. The Bertz CT molecular complexity index is 1780. The Morgan fingerprint density at radius 3 is 0.977 bits per heavy atom. The minimum atomic E-state index is -2.29. The van der Waals surface area contributed by atoms with Crippen LogP contribution in [0, 0.1) is 0 Å². The summed E-state index contributed by atoms with van der Waals surface area (Å²) in [7, 11) is -2.29. The van der Waals surface area contributed by atoms with Crippen molar-refractivity contribution < 1.29 is 0 Å². The van der Waals surface area contributed by atoms with Gasteiger partial charge in [0.1, 0.15) is 8.07 Å². The summed E-state index contributed by atoms with van der Waals surface area (Å²) in [5.41, 5.74) is 11.7. The van der Waals surface area contributed by atoms with Crippen molar-refractivity contribution in [2.75, 3.05) is 0 Å². The Morgan fingerprint density at radius 1 is 0.349 bits per heavy atom. The van der Waals surface area contributed by atoms with Crippen molar-refractivity contribution in [3.05, 3.63) is 180 Å². The summed E-state index contributed by atoms with van der Waals surface area (Å²) in [5, 5.41) is 2.82. The monoisotopic (exact) mass is 568 g/mol. The molecule has 4 aromatic carbocycles. The first-order valence-electron chi connectivity index (χ1n) is 14.8. The summed E-state index contributed by atoms with van der Waals surface area (Å²) in [4.78, 5) is 9.97. The van der Waals surface area contributed by atoms with Crippen LogP contribution in [0.4, 0.5) is 0 Å². The highest BCUT2D eigenvalue weighted by molar-refractivity contribution is 7.13. The largest absolute Gasteiger partial charge is 0.256 e. The van der Waals surface area contributed by atoms with E-state index in [1.807, 2.05) is 12.1 Å². The van der Waals surface area contributed by atoms with E-state index in [9.17, 15) is 0 Å². The van der Waals surface area contributed by atoms with Gasteiger partial charge in [-0.15, -0.1) is 0 Å². The van der Waals surface area contributed by atoms with E-state index in [2.05, 4.69) is 159 Å². The highest BCUT2D eigenvalue weighted by Crippen LogP contribution is 2.55. The van der Waals surface area contributed by atoms with Crippen molar-refractivity contribution in [3.8, 4) is 22.5 Å². The molecule has 0 N–H and O–H groups in total. The number of nitrogens with zero attached hydrogens (tertiary/aromatic N) is 2. The minimum Gasteiger partial charge on any atom is -0.256 e. The van der Waals surface area contributed by atoms with E-state index in [4.69, 9.17) is 9.97 Å². The number of hydrogen-bond donors (Lipinski definition) is 0. The molecule has 206 valence electrons. The average Bonchev–Trinajstić information content (AvgIpc) is 3.33. The maximum absolute atomic E-state index is 4.99. The van der Waals surface area contributed by atoms with Gasteiger partial charge in [-0.25, -0.2) is 0 Å². The summed E-state index contributed by atoms with van der Waals surface area (Å²) in [6, 6.07) is 51.4. The van der Waals surface area contributed by atoms with Crippen LogP contribution in [0.2, 0.25) is 13.1 Å². The molecule has 1 aliphatic rings. The quantitative estimate of drug-likeness (QED) is 0.187. The molecule has 7 rings (SSSR count). The fourth-order valence-corrected chi connectivity index (χ4v) is 10.2. The Labute approximate surface area is 254 Å². The van der Waals surface area contributed by atoms with Crippen LogP contribution in [-0.2, 0) is 0 Å². The van der Waals surface area contributed by atoms with Crippen LogP contribution in [0.1, 0.15) is 22.3 Å². The van der Waals surface area contributed by atoms with Gasteiger partial charge < -0.3 is 0 Å². The molecule has 0 bridgehead atoms. The number of allylic oxidation sites excluding steroid dienone is 2. The van der Waals surface area contributed by atoms with Crippen molar-refractivity contribution in [1.82, 2.24) is 9.97 Å². The van der Waals surface area contributed by atoms with Gasteiger partial charge >= 0.3 is 0 Å². The van der Waals surface area contributed by atoms with Crippen molar-refractivity contribution in [3.63, 3.8) is 0 Å². The molecule has 3 heteroatoms. The van der Waals surface area contributed by atoms with E-state index in [1.54, 1.807) is 0 Å². The fourth-order valence-electron chi connectivity index (χ4n) is 6.44. The molecule has 43 heavy (non-hydrogen) atoms. The Morgan fingerprint density at radius 2 is 0.674 bits per heavy atom. The Kier molecular flexibility index (Phi) is 7.02. The molecule has 0 saturated carbocycles. The van der Waals surface area contributed by atoms with Gasteiger partial charge in [-0.05, 0) is 55.9 Å². The molecule has 0 fully saturated rings.